The van der Waals surface area contributed by atoms with Crippen molar-refractivity contribution >= 4 is 15.9 Å². The summed E-state index contributed by atoms with van der Waals surface area (Å²) < 4.78 is 6.35. The van der Waals surface area contributed by atoms with Gasteiger partial charge in [0.2, 0.25) is 0 Å². The van der Waals surface area contributed by atoms with E-state index in [1.54, 1.807) is 7.11 Å². The van der Waals surface area contributed by atoms with E-state index in [4.69, 9.17) is 4.74 Å². The monoisotopic (exact) mass is 317 g/mol. The fraction of sp³-hybridized carbons (Fsp3) is 0.250. The first-order chi connectivity index (χ1) is 9.24. The lowest BCUT2D eigenvalue weighted by Crippen LogP contribution is -2.15. The summed E-state index contributed by atoms with van der Waals surface area (Å²) in [6.45, 7) is 3.05. The molecular weight excluding hydrogens is 302 g/mol. The Bertz CT molecular complexity index is 580. The zero-order valence-corrected chi connectivity index (χ0v) is 12.5. The van der Waals surface area contributed by atoms with Gasteiger partial charge in [-0.15, -0.1) is 0 Å². The average molecular weight is 318 g/mol. The quantitative estimate of drug-likeness (QED) is 0.849. The van der Waals surface area contributed by atoms with Crippen LogP contribution in [0.4, 0.5) is 0 Å². The molecule has 0 atom stereocenters. The minimum absolute atomic E-state index is 0.914. The van der Waals surface area contributed by atoms with Crippen molar-refractivity contribution in [1.82, 2.24) is 4.90 Å². The summed E-state index contributed by atoms with van der Waals surface area (Å²) >= 11 is 3.54. The molecule has 1 aliphatic heterocycles. The molecule has 2 aromatic carbocycles. The highest BCUT2D eigenvalue weighted by atomic mass is 79.9. The molecule has 0 spiro atoms. The van der Waals surface area contributed by atoms with Crippen LogP contribution in [0.25, 0.3) is 0 Å². The van der Waals surface area contributed by atoms with Crippen LogP contribution in [0.1, 0.15) is 16.7 Å². The number of hydrogen-bond acceptors (Lipinski definition) is 2. The summed E-state index contributed by atoms with van der Waals surface area (Å²) in [5.41, 5.74) is 4.20. The molecule has 0 saturated carbocycles. The van der Waals surface area contributed by atoms with E-state index >= 15 is 0 Å². The number of hydrogen-bond donors (Lipinski definition) is 0. The lowest BCUT2D eigenvalue weighted by molar-refractivity contribution is 0.275. The van der Waals surface area contributed by atoms with E-state index in [1.165, 1.54) is 16.7 Å². The molecule has 2 nitrogen and oxygen atoms in total. The van der Waals surface area contributed by atoms with Crippen LogP contribution >= 0.6 is 15.9 Å². The third-order valence-corrected chi connectivity index (χ3v) is 4.01. The molecule has 0 saturated heterocycles. The van der Waals surface area contributed by atoms with Crippen LogP contribution in [0.3, 0.4) is 0 Å². The highest BCUT2D eigenvalue weighted by molar-refractivity contribution is 9.10. The Balaban J connectivity index is 1.69. The van der Waals surface area contributed by atoms with Crippen LogP contribution in [-0.4, -0.2) is 12.0 Å². The molecule has 1 heterocycles. The van der Waals surface area contributed by atoms with Gasteiger partial charge in [-0.25, -0.2) is 0 Å². The van der Waals surface area contributed by atoms with Crippen molar-refractivity contribution in [3.8, 4) is 5.75 Å². The van der Waals surface area contributed by atoms with Crippen LogP contribution in [0.15, 0.2) is 46.9 Å². The van der Waals surface area contributed by atoms with Crippen molar-refractivity contribution in [2.45, 2.75) is 19.6 Å². The molecular formula is C16H16BrNO. The van der Waals surface area contributed by atoms with Gasteiger partial charge in [-0.1, -0.05) is 34.1 Å². The van der Waals surface area contributed by atoms with Crippen molar-refractivity contribution in [3.05, 3.63) is 63.6 Å². The van der Waals surface area contributed by atoms with E-state index in [0.29, 0.717) is 0 Å². The van der Waals surface area contributed by atoms with Crippen molar-refractivity contribution in [3.63, 3.8) is 0 Å². The first-order valence-corrected chi connectivity index (χ1v) is 7.16. The molecule has 3 rings (SSSR count). The molecule has 0 amide bonds. The lowest BCUT2D eigenvalue weighted by Gasteiger charge is -2.14. The predicted molar refractivity (Wildman–Crippen MR) is 80.1 cm³/mol. The smallest absolute Gasteiger partial charge is 0.118 e. The molecule has 0 bridgehead atoms. The number of methoxy groups -OCH3 is 1. The van der Waals surface area contributed by atoms with Gasteiger partial charge in [0.15, 0.2) is 0 Å². The van der Waals surface area contributed by atoms with Gasteiger partial charge in [0.25, 0.3) is 0 Å². The highest BCUT2D eigenvalue weighted by Gasteiger charge is 2.18. The molecule has 0 unspecified atom stereocenters. The second-order valence-electron chi connectivity index (χ2n) is 4.91. The molecule has 0 fully saturated rings. The Morgan fingerprint density at radius 2 is 1.79 bits per heavy atom. The Hall–Kier alpha value is -1.32. The summed E-state index contributed by atoms with van der Waals surface area (Å²) in [5.74, 6) is 0.914. The largest absolute Gasteiger partial charge is 0.497 e. The second-order valence-corrected chi connectivity index (χ2v) is 5.82. The van der Waals surface area contributed by atoms with Gasteiger partial charge in [-0.2, -0.15) is 0 Å². The van der Waals surface area contributed by atoms with Crippen molar-refractivity contribution < 1.29 is 4.74 Å². The molecule has 2 aromatic rings. The third-order valence-electron chi connectivity index (χ3n) is 3.52. The van der Waals surface area contributed by atoms with E-state index in [1.807, 2.05) is 12.1 Å². The Labute approximate surface area is 122 Å². The maximum absolute atomic E-state index is 5.18. The van der Waals surface area contributed by atoms with E-state index in [0.717, 1.165) is 29.9 Å². The van der Waals surface area contributed by atoms with Crippen LogP contribution < -0.4 is 4.74 Å². The summed E-state index contributed by atoms with van der Waals surface area (Å²) in [6.07, 6.45) is 0. The molecule has 3 heteroatoms. The Kier molecular flexibility index (Phi) is 3.58. The van der Waals surface area contributed by atoms with Crippen molar-refractivity contribution in [1.29, 1.82) is 0 Å². The standard InChI is InChI=1S/C16H16BrNO/c1-19-16-6-2-12(3-7-16)9-18-10-13-4-5-15(17)8-14(13)11-18/h2-8H,9-11H2,1H3. The fourth-order valence-corrected chi connectivity index (χ4v) is 2.94. The molecule has 1 aliphatic rings. The second kappa shape index (κ2) is 5.35. The molecule has 0 N–H and O–H groups in total. The summed E-state index contributed by atoms with van der Waals surface area (Å²) in [7, 11) is 1.70. The average Bonchev–Trinajstić information content (AvgIpc) is 2.81. The molecule has 0 aliphatic carbocycles. The minimum atomic E-state index is 0.914. The maximum atomic E-state index is 5.18. The minimum Gasteiger partial charge on any atom is -0.497 e. The van der Waals surface area contributed by atoms with Crippen LogP contribution in [0, 0.1) is 0 Å². The van der Waals surface area contributed by atoms with E-state index < -0.39 is 0 Å². The Morgan fingerprint density at radius 3 is 2.53 bits per heavy atom. The number of ether oxygens (including phenoxy) is 1. The third kappa shape index (κ3) is 2.82. The molecule has 19 heavy (non-hydrogen) atoms. The zero-order valence-electron chi connectivity index (χ0n) is 10.9. The number of rotatable bonds is 3. The van der Waals surface area contributed by atoms with Crippen molar-refractivity contribution in [2.75, 3.05) is 7.11 Å². The van der Waals surface area contributed by atoms with Gasteiger partial charge in [0.1, 0.15) is 5.75 Å². The maximum Gasteiger partial charge on any atom is 0.118 e. The normalized spacial score (nSPS) is 14.4. The Morgan fingerprint density at radius 1 is 1.05 bits per heavy atom. The van der Waals surface area contributed by atoms with Gasteiger partial charge in [0, 0.05) is 24.1 Å². The topological polar surface area (TPSA) is 12.5 Å². The first-order valence-electron chi connectivity index (χ1n) is 6.37. The number of fused-ring (bicyclic) bond motifs is 1. The SMILES string of the molecule is COc1ccc(CN2Cc3ccc(Br)cc3C2)cc1. The highest BCUT2D eigenvalue weighted by Crippen LogP contribution is 2.27. The van der Waals surface area contributed by atoms with E-state index in [9.17, 15) is 0 Å². The van der Waals surface area contributed by atoms with E-state index in [2.05, 4.69) is 51.2 Å². The summed E-state index contributed by atoms with van der Waals surface area (Å²) in [5, 5.41) is 0. The molecule has 0 aromatic heterocycles. The fourth-order valence-electron chi connectivity index (χ4n) is 2.53. The van der Waals surface area contributed by atoms with E-state index in [-0.39, 0.29) is 0 Å². The van der Waals surface area contributed by atoms with Gasteiger partial charge < -0.3 is 4.74 Å². The molecule has 98 valence electrons. The predicted octanol–water partition coefficient (Wildman–Crippen LogP) is 3.97. The van der Waals surface area contributed by atoms with Crippen LogP contribution in [-0.2, 0) is 19.6 Å². The van der Waals surface area contributed by atoms with Gasteiger partial charge in [-0.05, 0) is 41.0 Å². The number of nitrogens with zero attached hydrogens (tertiary/aromatic N) is 1. The van der Waals surface area contributed by atoms with Gasteiger partial charge in [-0.3, -0.25) is 4.90 Å². The van der Waals surface area contributed by atoms with Gasteiger partial charge >= 0.3 is 0 Å². The number of benzene rings is 2. The van der Waals surface area contributed by atoms with Crippen LogP contribution in [0.5, 0.6) is 5.75 Å². The molecule has 0 radical (unpaired) electrons. The van der Waals surface area contributed by atoms with Crippen molar-refractivity contribution in [2.24, 2.45) is 0 Å². The summed E-state index contributed by atoms with van der Waals surface area (Å²) in [4.78, 5) is 2.46. The van der Waals surface area contributed by atoms with Crippen LogP contribution in [0.2, 0.25) is 0 Å². The number of halogens is 1. The lowest BCUT2D eigenvalue weighted by atomic mass is 10.1. The zero-order chi connectivity index (χ0) is 13.2. The first kappa shape index (κ1) is 12.7. The summed E-state index contributed by atoms with van der Waals surface area (Å²) in [6, 6.07) is 14.9. The van der Waals surface area contributed by atoms with Gasteiger partial charge in [0.05, 0.1) is 7.11 Å².